The second-order valence-electron chi connectivity index (χ2n) is 3.71. The first-order valence-corrected chi connectivity index (χ1v) is 5.32. The third kappa shape index (κ3) is 2.45. The van der Waals surface area contributed by atoms with E-state index in [-0.39, 0.29) is 11.7 Å². The molecule has 2 N–H and O–H groups in total. The van der Waals surface area contributed by atoms with E-state index >= 15 is 0 Å². The number of carbonyl (C=O) groups is 1. The van der Waals surface area contributed by atoms with Gasteiger partial charge >= 0.3 is 0 Å². The topological polar surface area (TPSA) is 49.3 Å². The number of nitrogens with one attached hydrogen (secondary N) is 1. The van der Waals surface area contributed by atoms with Gasteiger partial charge in [-0.15, -0.1) is 0 Å². The van der Waals surface area contributed by atoms with Crippen molar-refractivity contribution in [3.8, 4) is 16.9 Å². The summed E-state index contributed by atoms with van der Waals surface area (Å²) in [5.74, 6) is 0.0971. The summed E-state index contributed by atoms with van der Waals surface area (Å²) in [5.41, 5.74) is 2.39. The molecular formula is C14H13NO2. The largest absolute Gasteiger partial charge is 0.508 e. The Kier molecular flexibility index (Phi) is 3.10. The number of carbonyl (C=O) groups excluding carboxylic acids is 1. The number of rotatable bonds is 2. The molecule has 2 aromatic carbocycles. The van der Waals surface area contributed by atoms with Gasteiger partial charge in [0.25, 0.3) is 5.91 Å². The first-order chi connectivity index (χ1) is 8.20. The van der Waals surface area contributed by atoms with E-state index in [0.717, 1.165) is 11.1 Å². The Hall–Kier alpha value is -2.29. The number of aromatic hydroxyl groups is 1. The van der Waals surface area contributed by atoms with Gasteiger partial charge in [-0.25, -0.2) is 0 Å². The summed E-state index contributed by atoms with van der Waals surface area (Å²) < 4.78 is 0. The third-order valence-electron chi connectivity index (χ3n) is 2.53. The zero-order valence-corrected chi connectivity index (χ0v) is 9.47. The van der Waals surface area contributed by atoms with Crippen molar-refractivity contribution in [3.05, 3.63) is 54.1 Å². The summed E-state index contributed by atoms with van der Waals surface area (Å²) in [6, 6.07) is 14.2. The van der Waals surface area contributed by atoms with Gasteiger partial charge in [-0.1, -0.05) is 24.3 Å². The van der Waals surface area contributed by atoms with Gasteiger partial charge in [0, 0.05) is 12.6 Å². The molecule has 86 valence electrons. The van der Waals surface area contributed by atoms with Crippen LogP contribution in [0.2, 0.25) is 0 Å². The van der Waals surface area contributed by atoms with Crippen molar-refractivity contribution in [2.45, 2.75) is 0 Å². The molecule has 3 nitrogen and oxygen atoms in total. The molecule has 0 atom stereocenters. The normalized spacial score (nSPS) is 9.94. The number of hydrogen-bond donors (Lipinski definition) is 2. The summed E-state index contributed by atoms with van der Waals surface area (Å²) in [5, 5.41) is 12.0. The van der Waals surface area contributed by atoms with Crippen LogP contribution in [0, 0.1) is 0 Å². The van der Waals surface area contributed by atoms with E-state index in [0.29, 0.717) is 5.56 Å². The van der Waals surface area contributed by atoms with Crippen LogP contribution in [-0.4, -0.2) is 18.1 Å². The van der Waals surface area contributed by atoms with Crippen LogP contribution in [-0.2, 0) is 0 Å². The molecular weight excluding hydrogens is 214 g/mol. The molecule has 0 aliphatic carbocycles. The van der Waals surface area contributed by atoms with E-state index in [4.69, 9.17) is 0 Å². The number of benzene rings is 2. The van der Waals surface area contributed by atoms with Crippen molar-refractivity contribution >= 4 is 5.91 Å². The molecule has 1 amide bonds. The van der Waals surface area contributed by atoms with E-state index in [1.165, 1.54) is 0 Å². The summed E-state index contributed by atoms with van der Waals surface area (Å²) in [6.07, 6.45) is 0. The van der Waals surface area contributed by atoms with Crippen LogP contribution in [0.1, 0.15) is 10.4 Å². The van der Waals surface area contributed by atoms with Crippen LogP contribution in [0.25, 0.3) is 11.1 Å². The van der Waals surface area contributed by atoms with Crippen molar-refractivity contribution in [3.63, 3.8) is 0 Å². The van der Waals surface area contributed by atoms with Crippen LogP contribution in [0.3, 0.4) is 0 Å². The summed E-state index contributed by atoms with van der Waals surface area (Å²) in [6.45, 7) is 0. The number of phenols is 1. The van der Waals surface area contributed by atoms with E-state index < -0.39 is 0 Å². The lowest BCUT2D eigenvalue weighted by molar-refractivity contribution is 0.0963. The van der Waals surface area contributed by atoms with Crippen molar-refractivity contribution in [2.75, 3.05) is 7.05 Å². The molecule has 2 rings (SSSR count). The Balaban J connectivity index is 2.43. The molecule has 0 saturated carbocycles. The highest BCUT2D eigenvalue weighted by Gasteiger charge is 2.05. The molecule has 0 saturated heterocycles. The Morgan fingerprint density at radius 3 is 2.35 bits per heavy atom. The van der Waals surface area contributed by atoms with Crippen LogP contribution in [0.4, 0.5) is 0 Å². The first kappa shape index (κ1) is 11.2. The molecule has 0 aliphatic heterocycles. The molecule has 0 aliphatic rings. The lowest BCUT2D eigenvalue weighted by atomic mass is 10.0. The molecule has 0 radical (unpaired) electrons. The Bertz CT molecular complexity index is 549. The zero-order chi connectivity index (χ0) is 12.3. The minimum Gasteiger partial charge on any atom is -0.508 e. The lowest BCUT2D eigenvalue weighted by Crippen LogP contribution is -2.17. The number of amides is 1. The van der Waals surface area contributed by atoms with Gasteiger partial charge in [0.2, 0.25) is 0 Å². The Morgan fingerprint density at radius 2 is 1.71 bits per heavy atom. The third-order valence-corrected chi connectivity index (χ3v) is 2.53. The summed E-state index contributed by atoms with van der Waals surface area (Å²) in [4.78, 5) is 11.5. The molecule has 0 unspecified atom stereocenters. The first-order valence-electron chi connectivity index (χ1n) is 5.32. The molecule has 3 heteroatoms. The fraction of sp³-hybridized carbons (Fsp3) is 0.0714. The second kappa shape index (κ2) is 4.70. The second-order valence-corrected chi connectivity index (χ2v) is 3.71. The van der Waals surface area contributed by atoms with Crippen LogP contribution >= 0.6 is 0 Å². The maximum atomic E-state index is 11.5. The highest BCUT2D eigenvalue weighted by atomic mass is 16.3. The van der Waals surface area contributed by atoms with E-state index in [2.05, 4.69) is 5.32 Å². The molecule has 0 spiro atoms. The molecule has 0 heterocycles. The monoisotopic (exact) mass is 227 g/mol. The van der Waals surface area contributed by atoms with E-state index in [9.17, 15) is 9.90 Å². The van der Waals surface area contributed by atoms with Gasteiger partial charge in [0.1, 0.15) is 5.75 Å². The Morgan fingerprint density at radius 1 is 1.06 bits per heavy atom. The average molecular weight is 227 g/mol. The van der Waals surface area contributed by atoms with E-state index in [1.54, 1.807) is 37.4 Å². The zero-order valence-electron chi connectivity index (χ0n) is 9.47. The molecule has 17 heavy (non-hydrogen) atoms. The Labute approximate surface area is 99.7 Å². The fourth-order valence-corrected chi connectivity index (χ4v) is 1.67. The van der Waals surface area contributed by atoms with Crippen LogP contribution in [0.15, 0.2) is 48.5 Å². The summed E-state index contributed by atoms with van der Waals surface area (Å²) >= 11 is 0. The maximum Gasteiger partial charge on any atom is 0.251 e. The van der Waals surface area contributed by atoms with Gasteiger partial charge in [0.05, 0.1) is 0 Å². The molecule has 2 aromatic rings. The van der Waals surface area contributed by atoms with Crippen molar-refractivity contribution < 1.29 is 9.90 Å². The molecule has 0 aromatic heterocycles. The van der Waals surface area contributed by atoms with Crippen molar-refractivity contribution in [1.29, 1.82) is 0 Å². The van der Waals surface area contributed by atoms with Crippen molar-refractivity contribution in [1.82, 2.24) is 5.32 Å². The lowest BCUT2D eigenvalue weighted by Gasteiger charge is -2.05. The van der Waals surface area contributed by atoms with Gasteiger partial charge in [0.15, 0.2) is 0 Å². The number of hydrogen-bond acceptors (Lipinski definition) is 2. The predicted octanol–water partition coefficient (Wildman–Crippen LogP) is 2.42. The highest BCUT2D eigenvalue weighted by molar-refractivity contribution is 5.95. The number of phenolic OH excluding ortho intramolecular Hbond substituents is 1. The van der Waals surface area contributed by atoms with Gasteiger partial charge in [-0.05, 0) is 35.4 Å². The maximum absolute atomic E-state index is 11.5. The fourth-order valence-electron chi connectivity index (χ4n) is 1.67. The van der Waals surface area contributed by atoms with Crippen LogP contribution in [0.5, 0.6) is 5.75 Å². The van der Waals surface area contributed by atoms with Gasteiger partial charge in [-0.2, -0.15) is 0 Å². The summed E-state index contributed by atoms with van der Waals surface area (Å²) in [7, 11) is 1.60. The SMILES string of the molecule is CNC(=O)c1cccc(-c2cccc(O)c2)c1. The van der Waals surface area contributed by atoms with Crippen molar-refractivity contribution in [2.24, 2.45) is 0 Å². The predicted molar refractivity (Wildman–Crippen MR) is 66.9 cm³/mol. The smallest absolute Gasteiger partial charge is 0.251 e. The highest BCUT2D eigenvalue weighted by Crippen LogP contribution is 2.23. The standard InChI is InChI=1S/C14H13NO2/c1-15-14(17)12-6-2-4-10(8-12)11-5-3-7-13(16)9-11/h2-9,16H,1H3,(H,15,17). The molecule has 0 fully saturated rings. The van der Waals surface area contributed by atoms with Gasteiger partial charge < -0.3 is 10.4 Å². The van der Waals surface area contributed by atoms with Gasteiger partial charge in [-0.3, -0.25) is 4.79 Å². The molecule has 0 bridgehead atoms. The minimum absolute atomic E-state index is 0.119. The minimum atomic E-state index is -0.119. The van der Waals surface area contributed by atoms with E-state index in [1.807, 2.05) is 18.2 Å². The van der Waals surface area contributed by atoms with Crippen LogP contribution < -0.4 is 5.32 Å². The quantitative estimate of drug-likeness (QED) is 0.827. The average Bonchev–Trinajstić information content (AvgIpc) is 2.38.